The van der Waals surface area contributed by atoms with Crippen LogP contribution in [0.25, 0.3) is 98.4 Å². The molecule has 302 valence electrons. The van der Waals surface area contributed by atoms with E-state index in [4.69, 9.17) is 18.8 Å². The second-order valence-electron chi connectivity index (χ2n) is 17.0. The van der Waals surface area contributed by atoms with E-state index in [2.05, 4.69) is 201 Å². The molecule has 12 aromatic rings. The molecule has 4 nitrogen and oxygen atoms in total. The molecule has 2 unspecified atom stereocenters. The Morgan fingerprint density at radius 1 is 0.391 bits per heavy atom. The highest BCUT2D eigenvalue weighted by Crippen LogP contribution is 2.45. The fourth-order valence-electron chi connectivity index (χ4n) is 10.5. The second kappa shape index (κ2) is 14.5. The van der Waals surface area contributed by atoms with Gasteiger partial charge in [0.15, 0.2) is 5.84 Å². The third-order valence-electron chi connectivity index (χ3n) is 13.5. The van der Waals surface area contributed by atoms with Gasteiger partial charge in [0, 0.05) is 33.0 Å². The van der Waals surface area contributed by atoms with Crippen LogP contribution in [-0.2, 0) is 0 Å². The zero-order valence-electron chi connectivity index (χ0n) is 35.1. The van der Waals surface area contributed by atoms with Crippen LogP contribution in [0.2, 0.25) is 0 Å². The highest BCUT2D eigenvalue weighted by Gasteiger charge is 2.34. The molecule has 0 fully saturated rings. The largest absolute Gasteiger partial charge is 0.456 e. The summed E-state index contributed by atoms with van der Waals surface area (Å²) in [6.45, 7) is 2.27. The van der Waals surface area contributed by atoms with Crippen molar-refractivity contribution >= 4 is 87.7 Å². The van der Waals surface area contributed by atoms with Crippen molar-refractivity contribution in [3.8, 4) is 22.3 Å². The maximum Gasteiger partial charge on any atom is 0.155 e. The average molecular weight is 821 g/mol. The van der Waals surface area contributed by atoms with E-state index >= 15 is 0 Å². The fourth-order valence-corrected chi connectivity index (χ4v) is 10.5. The zero-order valence-corrected chi connectivity index (χ0v) is 35.1. The molecular formula is C60H40N2O2. The number of amidine groups is 1. The Labute approximate surface area is 369 Å². The Morgan fingerprint density at radius 3 is 1.55 bits per heavy atom. The summed E-state index contributed by atoms with van der Waals surface area (Å²) in [5.41, 5.74) is 12.3. The van der Waals surface area contributed by atoms with Gasteiger partial charge < -0.3 is 8.83 Å². The van der Waals surface area contributed by atoms with E-state index in [0.717, 1.165) is 89.7 Å². The molecule has 3 heterocycles. The van der Waals surface area contributed by atoms with E-state index in [1.165, 1.54) is 43.4 Å². The van der Waals surface area contributed by atoms with Gasteiger partial charge in [-0.2, -0.15) is 0 Å². The molecule has 0 bridgehead atoms. The normalized spacial score (nSPS) is 15.5. The van der Waals surface area contributed by atoms with Gasteiger partial charge in [-0.25, -0.2) is 4.99 Å². The first-order valence-corrected chi connectivity index (χ1v) is 22.2. The van der Waals surface area contributed by atoms with Crippen LogP contribution in [0.15, 0.2) is 219 Å². The van der Waals surface area contributed by atoms with Gasteiger partial charge in [0.25, 0.3) is 0 Å². The standard InChI is InChI=1S/C60H40N2O2/c1-2-41-58(40-29-30-47-45-21-10-9-19-43(45)44-20-11-12-22-46(44)51(47)33-40)61-60(37-17-7-4-8-18-37)62-59(41)50-24-14-26-53-57(50)49-32-28-39(35-55(49)64-53)38-27-31-48-54(34-38)63-52-25-13-23-42(56(48)52)36-15-5-3-6-16-36/h3-35,41,59H,2H2,1H3. The number of hydrogen-bond donors (Lipinski definition) is 0. The molecule has 0 spiro atoms. The lowest BCUT2D eigenvalue weighted by atomic mass is 9.81. The van der Waals surface area contributed by atoms with Gasteiger partial charge >= 0.3 is 0 Å². The molecule has 1 aliphatic rings. The Kier molecular flexibility index (Phi) is 8.29. The summed E-state index contributed by atoms with van der Waals surface area (Å²) in [5.74, 6) is 0.766. The molecule has 0 amide bonds. The summed E-state index contributed by atoms with van der Waals surface area (Å²) in [7, 11) is 0. The molecule has 2 aromatic heterocycles. The fraction of sp³-hybridized carbons (Fsp3) is 0.0667. The van der Waals surface area contributed by atoms with E-state index < -0.39 is 0 Å². The van der Waals surface area contributed by atoms with Gasteiger partial charge in [-0.05, 0) is 115 Å². The molecular weight excluding hydrogens is 781 g/mol. The van der Waals surface area contributed by atoms with Crippen molar-refractivity contribution in [3.05, 3.63) is 217 Å². The van der Waals surface area contributed by atoms with Gasteiger partial charge in [-0.1, -0.05) is 165 Å². The molecule has 0 saturated heterocycles. The summed E-state index contributed by atoms with van der Waals surface area (Å²) in [6, 6.07) is 71.1. The first kappa shape index (κ1) is 36.6. The van der Waals surface area contributed by atoms with Gasteiger partial charge in [-0.15, -0.1) is 0 Å². The Hall–Kier alpha value is -8.08. The quantitative estimate of drug-likeness (QED) is 0.157. The number of furan rings is 2. The minimum Gasteiger partial charge on any atom is -0.456 e. The third-order valence-corrected chi connectivity index (χ3v) is 13.5. The molecule has 1 aliphatic heterocycles. The van der Waals surface area contributed by atoms with Crippen LogP contribution >= 0.6 is 0 Å². The minimum absolute atomic E-state index is 0.0180. The number of fused-ring (bicyclic) bond motifs is 12. The monoisotopic (exact) mass is 820 g/mol. The van der Waals surface area contributed by atoms with Gasteiger partial charge in [0.05, 0.1) is 11.8 Å². The lowest BCUT2D eigenvalue weighted by Gasteiger charge is -2.30. The molecule has 10 aromatic carbocycles. The van der Waals surface area contributed by atoms with Gasteiger partial charge in [-0.3, -0.25) is 4.99 Å². The van der Waals surface area contributed by atoms with Gasteiger partial charge in [0.2, 0.25) is 0 Å². The minimum atomic E-state index is -0.197. The van der Waals surface area contributed by atoms with Crippen molar-refractivity contribution in [3.63, 3.8) is 0 Å². The lowest BCUT2D eigenvalue weighted by Crippen LogP contribution is -2.28. The highest BCUT2D eigenvalue weighted by molar-refractivity contribution is 6.27. The topological polar surface area (TPSA) is 51.0 Å². The van der Waals surface area contributed by atoms with Crippen LogP contribution in [0.1, 0.15) is 36.1 Å². The SMILES string of the molecule is CCC1C(c2ccc3c4ccccc4c4ccccc4c3c2)=NC(c2ccccc2)=NC1c1cccc2oc3cc(-c4ccc5c(c4)oc4cccc(-c6ccccc6)c45)ccc3c12. The zero-order chi connectivity index (χ0) is 42.3. The molecule has 4 heteroatoms. The Bertz CT molecular complexity index is 3860. The first-order valence-electron chi connectivity index (χ1n) is 22.2. The van der Waals surface area contributed by atoms with E-state index in [0.29, 0.717) is 0 Å². The number of benzene rings is 10. The second-order valence-corrected chi connectivity index (χ2v) is 17.0. The highest BCUT2D eigenvalue weighted by atomic mass is 16.3. The first-order chi connectivity index (χ1) is 31.7. The van der Waals surface area contributed by atoms with Crippen LogP contribution in [0.5, 0.6) is 0 Å². The molecule has 0 N–H and O–H groups in total. The summed E-state index contributed by atoms with van der Waals surface area (Å²) < 4.78 is 13.3. The molecule has 0 aliphatic carbocycles. The van der Waals surface area contributed by atoms with Crippen molar-refractivity contribution < 1.29 is 8.83 Å². The average Bonchev–Trinajstić information content (AvgIpc) is 3.94. The lowest BCUT2D eigenvalue weighted by molar-refractivity contribution is 0.535. The van der Waals surface area contributed by atoms with Crippen LogP contribution in [0, 0.1) is 5.92 Å². The smallest absolute Gasteiger partial charge is 0.155 e. The van der Waals surface area contributed by atoms with Crippen LogP contribution < -0.4 is 0 Å². The number of aliphatic imine (C=N–C) groups is 2. The van der Waals surface area contributed by atoms with Gasteiger partial charge in [0.1, 0.15) is 22.3 Å². The van der Waals surface area contributed by atoms with E-state index in [-0.39, 0.29) is 12.0 Å². The summed E-state index contributed by atoms with van der Waals surface area (Å²) in [4.78, 5) is 11.0. The summed E-state index contributed by atoms with van der Waals surface area (Å²) >= 11 is 0. The van der Waals surface area contributed by atoms with Crippen molar-refractivity contribution in [2.45, 2.75) is 19.4 Å². The van der Waals surface area contributed by atoms with Crippen LogP contribution in [-0.4, -0.2) is 11.5 Å². The molecule has 2 atom stereocenters. The number of nitrogens with zero attached hydrogens (tertiary/aromatic N) is 2. The Morgan fingerprint density at radius 2 is 0.906 bits per heavy atom. The molecule has 0 saturated carbocycles. The van der Waals surface area contributed by atoms with Crippen molar-refractivity contribution in [1.82, 2.24) is 0 Å². The molecule has 13 rings (SSSR count). The maximum atomic E-state index is 6.76. The number of rotatable bonds is 6. The van der Waals surface area contributed by atoms with Crippen molar-refractivity contribution in [1.29, 1.82) is 0 Å². The predicted molar refractivity (Wildman–Crippen MR) is 267 cm³/mol. The van der Waals surface area contributed by atoms with Crippen LogP contribution in [0.4, 0.5) is 0 Å². The van der Waals surface area contributed by atoms with E-state index in [1.807, 2.05) is 6.07 Å². The number of hydrogen-bond acceptors (Lipinski definition) is 4. The molecule has 0 radical (unpaired) electrons. The third kappa shape index (κ3) is 5.69. The van der Waals surface area contributed by atoms with Crippen molar-refractivity contribution in [2.24, 2.45) is 15.9 Å². The Balaban J connectivity index is 0.938. The predicted octanol–water partition coefficient (Wildman–Crippen LogP) is 16.3. The van der Waals surface area contributed by atoms with E-state index in [9.17, 15) is 0 Å². The molecule has 64 heavy (non-hydrogen) atoms. The van der Waals surface area contributed by atoms with E-state index in [1.54, 1.807) is 0 Å². The summed E-state index contributed by atoms with van der Waals surface area (Å²) in [6.07, 6.45) is 0.860. The maximum absolute atomic E-state index is 6.76. The van der Waals surface area contributed by atoms with Crippen molar-refractivity contribution in [2.75, 3.05) is 0 Å². The summed E-state index contributed by atoms with van der Waals surface area (Å²) in [5, 5.41) is 12.0. The van der Waals surface area contributed by atoms with Crippen LogP contribution in [0.3, 0.4) is 0 Å².